The van der Waals surface area contributed by atoms with Crippen molar-refractivity contribution in [3.63, 3.8) is 0 Å². The van der Waals surface area contributed by atoms with E-state index in [1.165, 1.54) is 0 Å². The van der Waals surface area contributed by atoms with Gasteiger partial charge in [-0.05, 0) is 6.07 Å². The average Bonchev–Trinajstić information content (AvgIpc) is 2.82. The average molecular weight is 247 g/mol. The molecule has 1 aromatic rings. The van der Waals surface area contributed by atoms with Crippen molar-refractivity contribution < 1.29 is 14.3 Å². The van der Waals surface area contributed by atoms with Gasteiger partial charge < -0.3 is 9.47 Å². The highest BCUT2D eigenvalue weighted by Crippen LogP contribution is 2.41. The summed E-state index contributed by atoms with van der Waals surface area (Å²) in [6.07, 6.45) is -0.102. The largest absolute Gasteiger partial charge is 0.479 e. The molecular weight excluding hydrogens is 230 g/mol. The molecule has 3 atom stereocenters. The van der Waals surface area contributed by atoms with Crippen LogP contribution in [0.15, 0.2) is 29.3 Å². The molecule has 4 nitrogen and oxygen atoms in total. The Hall–Kier alpha value is -1.84. The van der Waals surface area contributed by atoms with E-state index in [0.29, 0.717) is 5.90 Å². The number of nitrogens with zero attached hydrogens (tertiary/aromatic N) is 1. The van der Waals surface area contributed by atoms with Crippen molar-refractivity contribution in [2.45, 2.75) is 39.0 Å². The zero-order valence-corrected chi connectivity index (χ0v) is 10.8. The van der Waals surface area contributed by atoms with Gasteiger partial charge in [0, 0.05) is 12.5 Å². The second-order valence-electron chi connectivity index (χ2n) is 3.93. The molecule has 2 heterocycles. The molecule has 0 N–H and O–H groups in total. The van der Waals surface area contributed by atoms with E-state index >= 15 is 0 Å². The first kappa shape index (κ1) is 12.6. The Morgan fingerprint density at radius 2 is 1.94 bits per heavy atom. The van der Waals surface area contributed by atoms with Crippen molar-refractivity contribution in [2.75, 3.05) is 0 Å². The number of carbonyl (C=O) groups excluding carboxylic acids is 1. The van der Waals surface area contributed by atoms with Crippen molar-refractivity contribution in [1.82, 2.24) is 0 Å². The molecule has 2 aliphatic rings. The number of aliphatic imine (C=N–C) groups is 1. The van der Waals surface area contributed by atoms with Gasteiger partial charge in [-0.3, -0.25) is 4.79 Å². The summed E-state index contributed by atoms with van der Waals surface area (Å²) >= 11 is 0. The van der Waals surface area contributed by atoms with Gasteiger partial charge in [-0.2, -0.15) is 0 Å². The first-order valence-electron chi connectivity index (χ1n) is 6.21. The van der Waals surface area contributed by atoms with E-state index in [0.717, 1.165) is 17.6 Å². The van der Waals surface area contributed by atoms with E-state index < -0.39 is 6.10 Å². The van der Waals surface area contributed by atoms with E-state index in [1.807, 2.05) is 38.1 Å². The highest BCUT2D eigenvalue weighted by molar-refractivity contribution is 5.77. The van der Waals surface area contributed by atoms with Crippen molar-refractivity contribution in [3.05, 3.63) is 29.8 Å². The first-order valence-corrected chi connectivity index (χ1v) is 6.21. The van der Waals surface area contributed by atoms with Crippen molar-refractivity contribution in [2.24, 2.45) is 4.99 Å². The predicted molar refractivity (Wildman–Crippen MR) is 69.0 cm³/mol. The van der Waals surface area contributed by atoms with Gasteiger partial charge in [-0.25, -0.2) is 4.99 Å². The SMILES string of the molecule is CC.CC1=NC2c3ccccc3OC(C=O)C2O1. The maximum Gasteiger partial charge on any atom is 0.193 e. The summed E-state index contributed by atoms with van der Waals surface area (Å²) in [6.45, 7) is 5.79. The first-order chi connectivity index (χ1) is 8.79. The van der Waals surface area contributed by atoms with E-state index in [2.05, 4.69) is 4.99 Å². The van der Waals surface area contributed by atoms with E-state index in [-0.39, 0.29) is 12.1 Å². The standard InChI is InChI=1S/C12H11NO3.C2H6/c1-7-13-11-8-4-2-3-5-9(8)16-10(6-14)12(11)15-7;1-2/h2-6,10-12H,1H3;1-2H3. The van der Waals surface area contributed by atoms with Crippen LogP contribution in [-0.2, 0) is 9.53 Å². The maximum atomic E-state index is 11.0. The van der Waals surface area contributed by atoms with Gasteiger partial charge in [0.1, 0.15) is 11.8 Å². The Labute approximate surface area is 107 Å². The van der Waals surface area contributed by atoms with Crippen molar-refractivity contribution >= 4 is 12.2 Å². The van der Waals surface area contributed by atoms with Crippen molar-refractivity contribution in [1.29, 1.82) is 0 Å². The van der Waals surface area contributed by atoms with Gasteiger partial charge in [-0.1, -0.05) is 32.0 Å². The Kier molecular flexibility index (Phi) is 3.65. The molecule has 0 saturated heterocycles. The van der Waals surface area contributed by atoms with E-state index in [4.69, 9.17) is 9.47 Å². The van der Waals surface area contributed by atoms with Crippen LogP contribution < -0.4 is 4.74 Å². The second kappa shape index (κ2) is 5.21. The molecule has 96 valence electrons. The van der Waals surface area contributed by atoms with Crippen LogP contribution >= 0.6 is 0 Å². The Balaban J connectivity index is 0.000000574. The molecule has 0 saturated carbocycles. The van der Waals surface area contributed by atoms with E-state index in [9.17, 15) is 4.79 Å². The van der Waals surface area contributed by atoms with Gasteiger partial charge in [0.2, 0.25) is 0 Å². The Morgan fingerprint density at radius 1 is 1.22 bits per heavy atom. The molecule has 2 aliphatic heterocycles. The zero-order chi connectivity index (χ0) is 13.1. The lowest BCUT2D eigenvalue weighted by Gasteiger charge is -2.30. The normalized spacial score (nSPS) is 27.5. The maximum absolute atomic E-state index is 11.0. The quantitative estimate of drug-likeness (QED) is 0.716. The number of aldehydes is 1. The number of hydrogen-bond acceptors (Lipinski definition) is 4. The summed E-state index contributed by atoms with van der Waals surface area (Å²) in [5.41, 5.74) is 0.988. The monoisotopic (exact) mass is 247 g/mol. The third kappa shape index (κ3) is 1.98. The summed E-state index contributed by atoms with van der Waals surface area (Å²) in [5, 5.41) is 0. The molecule has 18 heavy (non-hydrogen) atoms. The molecular formula is C14H17NO3. The molecule has 0 fully saturated rings. The summed E-state index contributed by atoms with van der Waals surface area (Å²) < 4.78 is 11.1. The zero-order valence-electron chi connectivity index (χ0n) is 10.8. The van der Waals surface area contributed by atoms with E-state index in [1.54, 1.807) is 6.92 Å². The number of benzene rings is 1. The van der Waals surface area contributed by atoms with Crippen LogP contribution in [0.1, 0.15) is 32.4 Å². The molecule has 1 aromatic carbocycles. The summed E-state index contributed by atoms with van der Waals surface area (Å²) in [4.78, 5) is 15.4. The molecule has 0 bridgehead atoms. The van der Waals surface area contributed by atoms with Gasteiger partial charge in [0.25, 0.3) is 0 Å². The van der Waals surface area contributed by atoms with Crippen LogP contribution in [-0.4, -0.2) is 24.4 Å². The summed E-state index contributed by atoms with van der Waals surface area (Å²) in [5.74, 6) is 1.34. The van der Waals surface area contributed by atoms with Gasteiger partial charge in [0.05, 0.1) is 0 Å². The lowest BCUT2D eigenvalue weighted by molar-refractivity contribution is -0.118. The molecule has 3 unspecified atom stereocenters. The molecule has 4 heteroatoms. The molecule has 0 aromatic heterocycles. The Morgan fingerprint density at radius 3 is 2.67 bits per heavy atom. The highest BCUT2D eigenvalue weighted by Gasteiger charge is 2.43. The summed E-state index contributed by atoms with van der Waals surface area (Å²) in [7, 11) is 0. The molecule has 0 amide bonds. The van der Waals surface area contributed by atoms with Crippen LogP contribution in [0.25, 0.3) is 0 Å². The van der Waals surface area contributed by atoms with Gasteiger partial charge >= 0.3 is 0 Å². The minimum absolute atomic E-state index is 0.111. The number of hydrogen-bond donors (Lipinski definition) is 0. The number of carbonyl (C=O) groups is 1. The smallest absolute Gasteiger partial charge is 0.193 e. The molecule has 0 radical (unpaired) electrons. The minimum Gasteiger partial charge on any atom is -0.479 e. The van der Waals surface area contributed by atoms with Gasteiger partial charge in [-0.15, -0.1) is 0 Å². The molecule has 3 rings (SSSR count). The number of ether oxygens (including phenoxy) is 2. The fourth-order valence-corrected chi connectivity index (χ4v) is 2.21. The number of fused-ring (bicyclic) bond motifs is 3. The lowest BCUT2D eigenvalue weighted by atomic mass is 9.95. The fourth-order valence-electron chi connectivity index (χ4n) is 2.21. The van der Waals surface area contributed by atoms with Crippen LogP contribution in [0.3, 0.4) is 0 Å². The third-order valence-corrected chi connectivity index (χ3v) is 2.90. The van der Waals surface area contributed by atoms with Crippen LogP contribution in [0.4, 0.5) is 0 Å². The van der Waals surface area contributed by atoms with Crippen LogP contribution in [0.2, 0.25) is 0 Å². The highest BCUT2D eigenvalue weighted by atomic mass is 16.6. The third-order valence-electron chi connectivity index (χ3n) is 2.90. The molecule has 0 spiro atoms. The summed E-state index contributed by atoms with van der Waals surface area (Å²) in [6, 6.07) is 7.52. The van der Waals surface area contributed by atoms with Crippen molar-refractivity contribution in [3.8, 4) is 5.75 Å². The number of para-hydroxylation sites is 1. The fraction of sp³-hybridized carbons (Fsp3) is 0.429. The topological polar surface area (TPSA) is 47.9 Å². The number of rotatable bonds is 1. The molecule has 0 aliphatic carbocycles. The lowest BCUT2D eigenvalue weighted by Crippen LogP contribution is -2.40. The minimum atomic E-state index is -0.568. The van der Waals surface area contributed by atoms with Gasteiger partial charge in [0.15, 0.2) is 24.4 Å². The second-order valence-corrected chi connectivity index (χ2v) is 3.93. The predicted octanol–water partition coefficient (Wildman–Crippen LogP) is 2.53. The van der Waals surface area contributed by atoms with Crippen LogP contribution in [0.5, 0.6) is 5.75 Å². The Bertz CT molecular complexity index is 470. The van der Waals surface area contributed by atoms with Crippen LogP contribution in [0, 0.1) is 0 Å².